The average molecular weight is 380 g/mol. The maximum Gasteiger partial charge on any atom is 0.319 e. The number of nitrogens with one attached hydrogen (secondary N) is 3. The lowest BCUT2D eigenvalue weighted by molar-refractivity contribution is -0.142. The number of rotatable bonds is 7. The van der Waals surface area contributed by atoms with Crippen LogP contribution in [0.5, 0.6) is 0 Å². The number of carbonyl (C=O) groups excluding carboxylic acids is 2. The van der Waals surface area contributed by atoms with Crippen LogP contribution in [0.3, 0.4) is 0 Å². The average Bonchev–Trinajstić information content (AvgIpc) is 2.98. The molecular formula is C21H24N4O3. The number of allylic oxidation sites excluding steroid dienone is 1. The Labute approximate surface area is 164 Å². The Kier molecular flexibility index (Phi) is 5.96. The van der Waals surface area contributed by atoms with Gasteiger partial charge in [-0.3, -0.25) is 9.59 Å². The highest BCUT2D eigenvalue weighted by molar-refractivity contribution is 6.32. The minimum absolute atomic E-state index is 0.148. The zero-order valence-electron chi connectivity index (χ0n) is 16.0. The third-order valence-corrected chi connectivity index (χ3v) is 4.35. The number of anilines is 3. The van der Waals surface area contributed by atoms with E-state index in [1.807, 2.05) is 31.2 Å². The molecule has 1 aliphatic heterocycles. The fraction of sp³-hybridized carbons (Fsp3) is 0.238. The van der Waals surface area contributed by atoms with Crippen molar-refractivity contribution in [3.63, 3.8) is 0 Å². The van der Waals surface area contributed by atoms with Gasteiger partial charge in [-0.15, -0.1) is 0 Å². The molecule has 5 N–H and O–H groups in total. The second-order valence-electron chi connectivity index (χ2n) is 6.49. The Bertz CT molecular complexity index is 920. The van der Waals surface area contributed by atoms with E-state index in [0.29, 0.717) is 24.4 Å². The Hall–Kier alpha value is -3.32. The van der Waals surface area contributed by atoms with E-state index in [4.69, 9.17) is 10.5 Å². The normalized spacial score (nSPS) is 14.3. The van der Waals surface area contributed by atoms with Crippen LogP contribution in [0.25, 0.3) is 5.57 Å². The Morgan fingerprint density at radius 3 is 2.64 bits per heavy atom. The molecule has 2 aromatic carbocycles. The maximum atomic E-state index is 12.4. The monoisotopic (exact) mass is 380 g/mol. The molecule has 0 fully saturated rings. The zero-order valence-corrected chi connectivity index (χ0v) is 16.0. The van der Waals surface area contributed by atoms with Gasteiger partial charge in [0.05, 0.1) is 18.7 Å². The first-order chi connectivity index (χ1) is 13.5. The minimum atomic E-state index is -0.265. The highest BCUT2D eigenvalue weighted by atomic mass is 16.5. The van der Waals surface area contributed by atoms with Crippen molar-refractivity contribution in [3.05, 3.63) is 59.3 Å². The number of esters is 1. The standard InChI is InChI=1S/C21H24N4O3/c1-3-28-19(26)12-23-11-14-4-7-16(8-5-14)24-13(2)20-17-10-15(22)6-9-18(17)25-21(20)27/h4-10,23-24H,3,11-12,22H2,1-2H3,(H,25,27)/b20-13-. The van der Waals surface area contributed by atoms with Crippen LogP contribution < -0.4 is 21.7 Å². The van der Waals surface area contributed by atoms with Crippen LogP contribution in [0.2, 0.25) is 0 Å². The molecule has 0 unspecified atom stereocenters. The van der Waals surface area contributed by atoms with Gasteiger partial charge in [-0.25, -0.2) is 0 Å². The van der Waals surface area contributed by atoms with Crippen LogP contribution in [0, 0.1) is 0 Å². The van der Waals surface area contributed by atoms with E-state index in [0.717, 1.165) is 28.2 Å². The van der Waals surface area contributed by atoms with Gasteiger partial charge in [0.15, 0.2) is 0 Å². The van der Waals surface area contributed by atoms with Crippen molar-refractivity contribution in [1.82, 2.24) is 5.32 Å². The summed E-state index contributed by atoms with van der Waals surface area (Å²) in [5.41, 5.74) is 11.3. The summed E-state index contributed by atoms with van der Waals surface area (Å²) in [6, 6.07) is 13.1. The number of nitrogen functional groups attached to an aromatic ring is 1. The van der Waals surface area contributed by atoms with Crippen molar-refractivity contribution in [1.29, 1.82) is 0 Å². The second kappa shape index (κ2) is 8.58. The number of carbonyl (C=O) groups is 2. The van der Waals surface area contributed by atoms with E-state index < -0.39 is 0 Å². The third-order valence-electron chi connectivity index (χ3n) is 4.35. The Morgan fingerprint density at radius 2 is 1.93 bits per heavy atom. The first-order valence-electron chi connectivity index (χ1n) is 9.12. The van der Waals surface area contributed by atoms with Gasteiger partial charge >= 0.3 is 5.97 Å². The summed E-state index contributed by atoms with van der Waals surface area (Å²) < 4.78 is 4.88. The fourth-order valence-corrected chi connectivity index (χ4v) is 3.06. The smallest absolute Gasteiger partial charge is 0.319 e. The van der Waals surface area contributed by atoms with Gasteiger partial charge in [0.2, 0.25) is 0 Å². The van der Waals surface area contributed by atoms with Gasteiger partial charge in [0, 0.05) is 34.9 Å². The number of fused-ring (bicyclic) bond motifs is 1. The molecule has 0 spiro atoms. The molecule has 3 rings (SSSR count). The molecule has 0 atom stereocenters. The van der Waals surface area contributed by atoms with Crippen molar-refractivity contribution >= 4 is 34.5 Å². The molecule has 0 radical (unpaired) electrons. The van der Waals surface area contributed by atoms with Gasteiger partial charge in [-0.05, 0) is 49.7 Å². The van der Waals surface area contributed by atoms with E-state index in [2.05, 4.69) is 16.0 Å². The largest absolute Gasteiger partial charge is 0.465 e. The van der Waals surface area contributed by atoms with Crippen LogP contribution in [0.4, 0.5) is 17.1 Å². The van der Waals surface area contributed by atoms with E-state index in [1.54, 1.807) is 25.1 Å². The molecule has 0 saturated carbocycles. The number of amides is 1. The van der Waals surface area contributed by atoms with Crippen LogP contribution in [-0.2, 0) is 20.9 Å². The molecular weight excluding hydrogens is 356 g/mol. The molecule has 0 bridgehead atoms. The van der Waals surface area contributed by atoms with Gasteiger partial charge in [0.1, 0.15) is 0 Å². The molecule has 0 aromatic heterocycles. The first kappa shape index (κ1) is 19.4. The lowest BCUT2D eigenvalue weighted by atomic mass is 10.0. The number of benzene rings is 2. The van der Waals surface area contributed by atoms with Crippen LogP contribution in [-0.4, -0.2) is 25.0 Å². The van der Waals surface area contributed by atoms with Crippen LogP contribution in [0.15, 0.2) is 48.2 Å². The number of hydrogen-bond donors (Lipinski definition) is 4. The lowest BCUT2D eigenvalue weighted by Crippen LogP contribution is -2.24. The maximum absolute atomic E-state index is 12.4. The van der Waals surface area contributed by atoms with Crippen molar-refractivity contribution in [2.45, 2.75) is 20.4 Å². The predicted octanol–water partition coefficient (Wildman–Crippen LogP) is 2.72. The van der Waals surface area contributed by atoms with E-state index in [1.165, 1.54) is 0 Å². The lowest BCUT2D eigenvalue weighted by Gasteiger charge is -2.11. The Balaban J connectivity index is 1.66. The van der Waals surface area contributed by atoms with Gasteiger partial charge in [0.25, 0.3) is 5.91 Å². The van der Waals surface area contributed by atoms with Crippen molar-refractivity contribution in [3.8, 4) is 0 Å². The van der Waals surface area contributed by atoms with E-state index in [9.17, 15) is 9.59 Å². The molecule has 146 valence electrons. The van der Waals surface area contributed by atoms with Crippen molar-refractivity contribution in [2.24, 2.45) is 0 Å². The summed E-state index contributed by atoms with van der Waals surface area (Å²) in [7, 11) is 0. The summed E-state index contributed by atoms with van der Waals surface area (Å²) >= 11 is 0. The highest BCUT2D eigenvalue weighted by Crippen LogP contribution is 2.35. The molecule has 7 nitrogen and oxygen atoms in total. The minimum Gasteiger partial charge on any atom is -0.465 e. The first-order valence-corrected chi connectivity index (χ1v) is 9.12. The topological polar surface area (TPSA) is 105 Å². The van der Waals surface area contributed by atoms with Crippen molar-refractivity contribution in [2.75, 3.05) is 29.5 Å². The molecule has 0 saturated heterocycles. The summed E-state index contributed by atoms with van der Waals surface area (Å²) in [5, 5.41) is 9.17. The van der Waals surface area contributed by atoms with Crippen molar-refractivity contribution < 1.29 is 14.3 Å². The number of nitrogens with two attached hydrogens (primary N) is 1. The molecule has 7 heteroatoms. The summed E-state index contributed by atoms with van der Waals surface area (Å²) in [5.74, 6) is -0.413. The third kappa shape index (κ3) is 4.50. The highest BCUT2D eigenvalue weighted by Gasteiger charge is 2.26. The second-order valence-corrected chi connectivity index (χ2v) is 6.49. The molecule has 1 amide bonds. The molecule has 28 heavy (non-hydrogen) atoms. The molecule has 1 heterocycles. The molecule has 0 aliphatic carbocycles. The van der Waals surface area contributed by atoms with E-state index >= 15 is 0 Å². The quantitative estimate of drug-likeness (QED) is 0.334. The number of ether oxygens (including phenoxy) is 1. The Morgan fingerprint density at radius 1 is 1.18 bits per heavy atom. The summed E-state index contributed by atoms with van der Waals surface area (Å²) in [6.07, 6.45) is 0. The van der Waals surface area contributed by atoms with E-state index in [-0.39, 0.29) is 18.4 Å². The molecule has 2 aromatic rings. The zero-order chi connectivity index (χ0) is 20.1. The summed E-state index contributed by atoms with van der Waals surface area (Å²) in [4.78, 5) is 23.7. The fourth-order valence-electron chi connectivity index (χ4n) is 3.06. The number of hydrogen-bond acceptors (Lipinski definition) is 6. The molecule has 1 aliphatic rings. The SMILES string of the molecule is CCOC(=O)CNCc1ccc(N/C(C)=C2\C(=O)Nc3ccc(N)cc32)cc1. The van der Waals surface area contributed by atoms with Gasteiger partial charge in [-0.2, -0.15) is 0 Å². The summed E-state index contributed by atoms with van der Waals surface area (Å²) in [6.45, 7) is 4.77. The van der Waals surface area contributed by atoms with Gasteiger partial charge in [-0.1, -0.05) is 12.1 Å². The van der Waals surface area contributed by atoms with Crippen LogP contribution >= 0.6 is 0 Å². The van der Waals surface area contributed by atoms with Crippen LogP contribution in [0.1, 0.15) is 25.0 Å². The predicted molar refractivity (Wildman–Crippen MR) is 110 cm³/mol. The van der Waals surface area contributed by atoms with Gasteiger partial charge < -0.3 is 26.4 Å².